The first-order valence-electron chi connectivity index (χ1n) is 5.16. The molecule has 0 aliphatic rings. The van der Waals surface area contributed by atoms with Gasteiger partial charge >= 0.3 is 0 Å². The monoisotopic (exact) mass is 230 g/mol. The SMILES string of the molecule is CCn1ncc(Cl)c1C(C)(O)C(C)(C)C. The molecule has 0 bridgehead atoms. The summed E-state index contributed by atoms with van der Waals surface area (Å²) in [6.45, 7) is 10.4. The average molecular weight is 231 g/mol. The number of aromatic nitrogens is 2. The van der Waals surface area contributed by atoms with E-state index in [0.29, 0.717) is 17.3 Å². The minimum absolute atomic E-state index is 0.288. The van der Waals surface area contributed by atoms with Crippen LogP contribution in [0.5, 0.6) is 0 Å². The lowest BCUT2D eigenvalue weighted by Gasteiger charge is -2.37. The first-order chi connectivity index (χ1) is 6.71. The van der Waals surface area contributed by atoms with Crippen LogP contribution in [-0.2, 0) is 12.1 Å². The Kier molecular flexibility index (Phi) is 3.17. The first-order valence-corrected chi connectivity index (χ1v) is 5.53. The smallest absolute Gasteiger partial charge is 0.110 e. The van der Waals surface area contributed by atoms with Gasteiger partial charge in [-0.05, 0) is 19.3 Å². The average Bonchev–Trinajstić information content (AvgIpc) is 2.44. The second-order valence-corrected chi connectivity index (χ2v) is 5.39. The zero-order valence-electron chi connectivity index (χ0n) is 10.0. The molecular weight excluding hydrogens is 212 g/mol. The molecule has 1 rings (SSSR count). The summed E-state index contributed by atoms with van der Waals surface area (Å²) in [6.07, 6.45) is 1.58. The number of aryl methyl sites for hydroxylation is 1. The van der Waals surface area contributed by atoms with Crippen molar-refractivity contribution in [3.05, 3.63) is 16.9 Å². The van der Waals surface area contributed by atoms with Gasteiger partial charge in [0.15, 0.2) is 0 Å². The third-order valence-electron chi connectivity index (χ3n) is 3.02. The van der Waals surface area contributed by atoms with E-state index >= 15 is 0 Å². The molecule has 0 radical (unpaired) electrons. The second kappa shape index (κ2) is 3.80. The maximum absolute atomic E-state index is 10.6. The van der Waals surface area contributed by atoms with Gasteiger partial charge in [0.05, 0.1) is 16.9 Å². The highest BCUT2D eigenvalue weighted by molar-refractivity contribution is 6.31. The molecule has 0 saturated heterocycles. The molecule has 15 heavy (non-hydrogen) atoms. The van der Waals surface area contributed by atoms with E-state index in [1.54, 1.807) is 17.8 Å². The van der Waals surface area contributed by atoms with E-state index in [4.69, 9.17) is 11.6 Å². The van der Waals surface area contributed by atoms with Gasteiger partial charge < -0.3 is 5.11 Å². The van der Waals surface area contributed by atoms with Crippen LogP contribution in [0.15, 0.2) is 6.20 Å². The van der Waals surface area contributed by atoms with Crippen LogP contribution < -0.4 is 0 Å². The van der Waals surface area contributed by atoms with Gasteiger partial charge in [-0.2, -0.15) is 5.10 Å². The number of nitrogens with zero attached hydrogens (tertiary/aromatic N) is 2. The van der Waals surface area contributed by atoms with Crippen LogP contribution in [0.3, 0.4) is 0 Å². The van der Waals surface area contributed by atoms with E-state index < -0.39 is 5.60 Å². The quantitative estimate of drug-likeness (QED) is 0.849. The highest BCUT2D eigenvalue weighted by atomic mass is 35.5. The van der Waals surface area contributed by atoms with E-state index in [1.807, 2.05) is 27.7 Å². The molecule has 1 aromatic rings. The summed E-state index contributed by atoms with van der Waals surface area (Å²) in [7, 11) is 0. The first kappa shape index (κ1) is 12.5. The molecule has 1 heterocycles. The number of halogens is 1. The van der Waals surface area contributed by atoms with Gasteiger partial charge in [0.25, 0.3) is 0 Å². The molecular formula is C11H19ClN2O. The molecule has 0 saturated carbocycles. The van der Waals surface area contributed by atoms with Crippen molar-refractivity contribution in [1.82, 2.24) is 9.78 Å². The third-order valence-corrected chi connectivity index (χ3v) is 3.29. The molecule has 0 aromatic carbocycles. The Balaban J connectivity index is 3.31. The van der Waals surface area contributed by atoms with Crippen LogP contribution in [0.4, 0.5) is 0 Å². The Bertz CT molecular complexity index is 350. The third kappa shape index (κ3) is 2.04. The largest absolute Gasteiger partial charge is 0.383 e. The fourth-order valence-corrected chi connectivity index (χ4v) is 1.77. The molecule has 1 N–H and O–H groups in total. The zero-order valence-corrected chi connectivity index (χ0v) is 10.8. The Morgan fingerprint density at radius 3 is 2.33 bits per heavy atom. The second-order valence-electron chi connectivity index (χ2n) is 4.98. The lowest BCUT2D eigenvalue weighted by Crippen LogP contribution is -2.39. The van der Waals surface area contributed by atoms with Gasteiger partial charge in [-0.1, -0.05) is 32.4 Å². The molecule has 0 aliphatic heterocycles. The molecule has 3 nitrogen and oxygen atoms in total. The Morgan fingerprint density at radius 1 is 1.40 bits per heavy atom. The molecule has 1 atom stereocenters. The molecule has 1 unspecified atom stereocenters. The summed E-state index contributed by atoms with van der Waals surface area (Å²) in [5.74, 6) is 0. The highest BCUT2D eigenvalue weighted by Gasteiger charge is 2.41. The Hall–Kier alpha value is -0.540. The molecule has 0 aliphatic carbocycles. The normalized spacial score (nSPS) is 16.5. The van der Waals surface area contributed by atoms with Gasteiger partial charge in [0.1, 0.15) is 5.60 Å². The van der Waals surface area contributed by atoms with Crippen LogP contribution in [0.1, 0.15) is 40.3 Å². The summed E-state index contributed by atoms with van der Waals surface area (Å²) >= 11 is 6.07. The van der Waals surface area contributed by atoms with Crippen molar-refractivity contribution in [2.75, 3.05) is 0 Å². The van der Waals surface area contributed by atoms with E-state index in [1.165, 1.54) is 0 Å². The van der Waals surface area contributed by atoms with Crippen LogP contribution in [0, 0.1) is 5.41 Å². The highest BCUT2D eigenvalue weighted by Crippen LogP contribution is 2.41. The van der Waals surface area contributed by atoms with Gasteiger partial charge in [-0.25, -0.2) is 0 Å². The van der Waals surface area contributed by atoms with Gasteiger partial charge in [0, 0.05) is 6.54 Å². The molecule has 1 aromatic heterocycles. The van der Waals surface area contributed by atoms with Gasteiger partial charge in [-0.15, -0.1) is 0 Å². The van der Waals surface area contributed by atoms with Crippen molar-refractivity contribution in [3.63, 3.8) is 0 Å². The van der Waals surface area contributed by atoms with Gasteiger partial charge in [-0.3, -0.25) is 4.68 Å². The predicted molar refractivity (Wildman–Crippen MR) is 61.9 cm³/mol. The summed E-state index contributed by atoms with van der Waals surface area (Å²) in [5.41, 5.74) is -0.584. The Labute approximate surface area is 96.1 Å². The summed E-state index contributed by atoms with van der Waals surface area (Å²) < 4.78 is 1.74. The number of rotatable bonds is 2. The number of hydrogen-bond acceptors (Lipinski definition) is 2. The van der Waals surface area contributed by atoms with E-state index in [-0.39, 0.29) is 5.41 Å². The maximum atomic E-state index is 10.6. The predicted octanol–water partition coefficient (Wildman–Crippen LogP) is 2.81. The zero-order chi connectivity index (χ0) is 11.9. The lowest BCUT2D eigenvalue weighted by atomic mass is 9.75. The van der Waals surface area contributed by atoms with Crippen molar-refractivity contribution < 1.29 is 5.11 Å². The van der Waals surface area contributed by atoms with Crippen LogP contribution in [0.25, 0.3) is 0 Å². The van der Waals surface area contributed by atoms with Crippen molar-refractivity contribution in [1.29, 1.82) is 0 Å². The fraction of sp³-hybridized carbons (Fsp3) is 0.727. The fourth-order valence-electron chi connectivity index (χ4n) is 1.44. The minimum atomic E-state index is -0.989. The Morgan fingerprint density at radius 2 is 1.93 bits per heavy atom. The standard InChI is InChI=1S/C11H19ClN2O/c1-6-14-9(8(12)7-13-14)11(5,15)10(2,3)4/h7,15H,6H2,1-5H3. The van der Waals surface area contributed by atoms with Gasteiger partial charge in [0.2, 0.25) is 0 Å². The molecule has 0 amide bonds. The van der Waals surface area contributed by atoms with Crippen molar-refractivity contribution in [2.24, 2.45) is 5.41 Å². The molecule has 0 fully saturated rings. The molecule has 86 valence electrons. The van der Waals surface area contributed by atoms with Crippen molar-refractivity contribution in [3.8, 4) is 0 Å². The van der Waals surface area contributed by atoms with E-state index in [0.717, 1.165) is 0 Å². The summed E-state index contributed by atoms with van der Waals surface area (Å²) in [4.78, 5) is 0. The number of hydrogen-bond donors (Lipinski definition) is 1. The molecule has 0 spiro atoms. The topological polar surface area (TPSA) is 38.0 Å². The molecule has 4 heteroatoms. The number of aliphatic hydroxyl groups is 1. The maximum Gasteiger partial charge on any atom is 0.110 e. The lowest BCUT2D eigenvalue weighted by molar-refractivity contribution is -0.0539. The van der Waals surface area contributed by atoms with E-state index in [9.17, 15) is 5.11 Å². The van der Waals surface area contributed by atoms with Crippen molar-refractivity contribution in [2.45, 2.75) is 46.8 Å². The van der Waals surface area contributed by atoms with E-state index in [2.05, 4.69) is 5.10 Å². The summed E-state index contributed by atoms with van der Waals surface area (Å²) in [6, 6.07) is 0. The summed E-state index contributed by atoms with van der Waals surface area (Å²) in [5, 5.41) is 15.2. The van der Waals surface area contributed by atoms with Crippen LogP contribution in [0.2, 0.25) is 5.02 Å². The van der Waals surface area contributed by atoms with Crippen LogP contribution in [-0.4, -0.2) is 14.9 Å². The van der Waals surface area contributed by atoms with Crippen molar-refractivity contribution >= 4 is 11.6 Å². The minimum Gasteiger partial charge on any atom is -0.383 e. The van der Waals surface area contributed by atoms with Crippen LogP contribution >= 0.6 is 11.6 Å².